The number of aromatic nitrogens is 1. The summed E-state index contributed by atoms with van der Waals surface area (Å²) in [4.78, 5) is 48.3. The summed E-state index contributed by atoms with van der Waals surface area (Å²) < 4.78 is 39.9. The molecule has 0 unspecified atom stereocenters. The molecule has 3 fully saturated rings. The first kappa shape index (κ1) is 33.1. The number of benzene rings is 2. The molecule has 2 aromatic carbocycles. The van der Waals surface area contributed by atoms with Gasteiger partial charge in [0.05, 0.1) is 35.4 Å². The maximum Gasteiger partial charge on any atom is 0.259 e. The van der Waals surface area contributed by atoms with Gasteiger partial charge in [0.25, 0.3) is 5.91 Å². The Morgan fingerprint density at radius 3 is 2.57 bits per heavy atom. The maximum absolute atomic E-state index is 14.2. The largest absolute Gasteiger partial charge is 0.497 e. The van der Waals surface area contributed by atoms with Gasteiger partial charge in [0.15, 0.2) is 0 Å². The highest BCUT2D eigenvalue weighted by molar-refractivity contribution is 7.91. The summed E-state index contributed by atoms with van der Waals surface area (Å²) >= 11 is 0. The number of ether oxygens (including phenoxy) is 2. The number of hydrogen-bond acceptors (Lipinski definition) is 8. The molecular formula is C37H42N4O7S. The number of allylic oxidation sites excluding steroid dienone is 1. The molecule has 4 aliphatic rings. The first-order chi connectivity index (χ1) is 23.6. The number of nitrogens with one attached hydrogen (secondary N) is 2. The normalized spacial score (nSPS) is 27.4. The van der Waals surface area contributed by atoms with E-state index in [-0.39, 0.29) is 18.2 Å². The zero-order chi connectivity index (χ0) is 34.3. The second kappa shape index (κ2) is 13.1. The molecule has 2 N–H and O–H groups in total. The summed E-state index contributed by atoms with van der Waals surface area (Å²) in [7, 11) is -0.457. The third-order valence-electron chi connectivity index (χ3n) is 10.3. The maximum atomic E-state index is 14.2. The minimum absolute atomic E-state index is 0.143. The standard InChI is InChI=1S/C37H42N4O7S/c1-41-17-9-4-3-8-12-24-22-37(24,36(44)40-49(45,46)27-14-15-27)39-34(42)29-18-26(19-30(29)35(41)43)48-33-21-31(23-10-6-5-7-11-23)38-32-20-25(47-2)13-16-28(32)33/h5-8,10-13,16,20-21,24,26-27,29-30H,3-4,9,14-15,17-19,22H2,1-2H3,(H,39,42)(H,40,44)/t24-,26-,29-,30-,37-/m1/s1. The number of amides is 3. The number of carbonyl (C=O) groups excluding carboxylic acids is 3. The van der Waals surface area contributed by atoms with E-state index in [1.807, 2.05) is 66.7 Å². The Labute approximate surface area is 286 Å². The lowest BCUT2D eigenvalue weighted by Crippen LogP contribution is -2.54. The van der Waals surface area contributed by atoms with Gasteiger partial charge in [-0.1, -0.05) is 42.5 Å². The lowest BCUT2D eigenvalue weighted by molar-refractivity contribution is -0.140. The fourth-order valence-electron chi connectivity index (χ4n) is 7.23. The second-order valence-corrected chi connectivity index (χ2v) is 15.8. The van der Waals surface area contributed by atoms with Crippen LogP contribution in [0.3, 0.4) is 0 Å². The van der Waals surface area contributed by atoms with Crippen LogP contribution in [0.1, 0.15) is 51.4 Å². The second-order valence-electron chi connectivity index (χ2n) is 13.8. The Hall–Kier alpha value is -4.45. The van der Waals surface area contributed by atoms with Crippen LogP contribution in [0.4, 0.5) is 0 Å². The molecule has 0 radical (unpaired) electrons. The Morgan fingerprint density at radius 2 is 1.82 bits per heavy atom. The van der Waals surface area contributed by atoms with Crippen LogP contribution < -0.4 is 19.5 Å². The van der Waals surface area contributed by atoms with Crippen molar-refractivity contribution >= 4 is 38.6 Å². The monoisotopic (exact) mass is 686 g/mol. The predicted molar refractivity (Wildman–Crippen MR) is 184 cm³/mol. The Kier molecular flexibility index (Phi) is 8.85. The fourth-order valence-corrected chi connectivity index (χ4v) is 8.59. The molecule has 11 nitrogen and oxygen atoms in total. The third-order valence-corrected chi connectivity index (χ3v) is 12.2. The van der Waals surface area contributed by atoms with Crippen LogP contribution in [0.25, 0.3) is 22.2 Å². The van der Waals surface area contributed by atoms with Gasteiger partial charge >= 0.3 is 0 Å². The van der Waals surface area contributed by atoms with Crippen molar-refractivity contribution in [3.8, 4) is 22.8 Å². The molecule has 49 heavy (non-hydrogen) atoms. The number of carbonyl (C=O) groups is 3. The summed E-state index contributed by atoms with van der Waals surface area (Å²) in [5.74, 6) is -1.86. The van der Waals surface area contributed by atoms with Crippen molar-refractivity contribution in [1.29, 1.82) is 0 Å². The van der Waals surface area contributed by atoms with Crippen LogP contribution in [0.2, 0.25) is 0 Å². The van der Waals surface area contributed by atoms with Crippen LogP contribution in [0.5, 0.6) is 11.5 Å². The average molecular weight is 687 g/mol. The molecule has 0 saturated heterocycles. The van der Waals surface area contributed by atoms with E-state index in [0.717, 1.165) is 30.2 Å². The number of fused-ring (bicyclic) bond motifs is 3. The predicted octanol–water partition coefficient (Wildman–Crippen LogP) is 4.37. The molecule has 3 amide bonds. The summed E-state index contributed by atoms with van der Waals surface area (Å²) in [5, 5.41) is 3.14. The van der Waals surface area contributed by atoms with E-state index in [0.29, 0.717) is 54.9 Å². The number of methoxy groups -OCH3 is 1. The first-order valence-corrected chi connectivity index (χ1v) is 18.6. The van der Waals surface area contributed by atoms with Crippen molar-refractivity contribution in [2.24, 2.45) is 17.8 Å². The highest BCUT2D eigenvalue weighted by atomic mass is 32.2. The van der Waals surface area contributed by atoms with Gasteiger partial charge in [0.1, 0.15) is 23.1 Å². The molecule has 1 aliphatic heterocycles. The van der Waals surface area contributed by atoms with Crippen LogP contribution in [-0.4, -0.2) is 73.6 Å². The van der Waals surface area contributed by atoms with Crippen LogP contribution in [-0.2, 0) is 24.4 Å². The molecule has 2 heterocycles. The SMILES string of the molecule is COc1ccc2c(O[C@@H]3C[C@H]4C(=O)N[C@]5(C(=O)NS(=O)(=O)C6CC6)C[C@H]5C=CCCCCN(C)C(=O)[C@@H]4C3)cc(-c3ccccc3)nc2c1. The van der Waals surface area contributed by atoms with Crippen LogP contribution in [0.15, 0.2) is 66.7 Å². The molecular weight excluding hydrogens is 644 g/mol. The minimum Gasteiger partial charge on any atom is -0.497 e. The molecule has 3 aliphatic carbocycles. The summed E-state index contributed by atoms with van der Waals surface area (Å²) in [5.41, 5.74) is 0.919. The molecule has 0 spiro atoms. The topological polar surface area (TPSA) is 144 Å². The highest BCUT2D eigenvalue weighted by Gasteiger charge is 2.62. The van der Waals surface area contributed by atoms with Crippen molar-refractivity contribution in [3.63, 3.8) is 0 Å². The minimum atomic E-state index is -3.82. The van der Waals surface area contributed by atoms with Gasteiger partial charge in [-0.3, -0.25) is 19.1 Å². The molecule has 5 atom stereocenters. The first-order valence-electron chi connectivity index (χ1n) is 17.1. The molecule has 3 aromatic rings. The van der Waals surface area contributed by atoms with Crippen molar-refractivity contribution < 1.29 is 32.3 Å². The Morgan fingerprint density at radius 1 is 1.04 bits per heavy atom. The van der Waals surface area contributed by atoms with Gasteiger partial charge in [0, 0.05) is 42.6 Å². The van der Waals surface area contributed by atoms with Crippen molar-refractivity contribution in [3.05, 3.63) is 66.7 Å². The summed E-state index contributed by atoms with van der Waals surface area (Å²) in [6, 6.07) is 17.2. The van der Waals surface area contributed by atoms with E-state index in [4.69, 9.17) is 14.5 Å². The van der Waals surface area contributed by atoms with Crippen molar-refractivity contribution in [2.45, 2.75) is 68.3 Å². The molecule has 12 heteroatoms. The lowest BCUT2D eigenvalue weighted by Gasteiger charge is -2.26. The number of nitrogens with zero attached hydrogens (tertiary/aromatic N) is 2. The average Bonchev–Trinajstić information content (AvgIpc) is 4.02. The number of pyridine rings is 1. The van der Waals surface area contributed by atoms with Crippen molar-refractivity contribution in [1.82, 2.24) is 19.9 Å². The number of sulfonamides is 1. The van der Waals surface area contributed by atoms with Gasteiger partial charge in [-0.2, -0.15) is 0 Å². The zero-order valence-corrected chi connectivity index (χ0v) is 28.6. The highest BCUT2D eigenvalue weighted by Crippen LogP contribution is 2.47. The van der Waals surface area contributed by atoms with E-state index in [1.54, 1.807) is 19.1 Å². The molecule has 258 valence electrons. The van der Waals surface area contributed by atoms with E-state index in [9.17, 15) is 22.8 Å². The Balaban J connectivity index is 1.19. The quantitative estimate of drug-likeness (QED) is 0.349. The smallest absolute Gasteiger partial charge is 0.259 e. The number of hydrogen-bond donors (Lipinski definition) is 2. The molecule has 7 rings (SSSR count). The van der Waals surface area contributed by atoms with Gasteiger partial charge in [-0.15, -0.1) is 0 Å². The number of rotatable bonds is 7. The summed E-state index contributed by atoms with van der Waals surface area (Å²) in [6.07, 6.45) is 7.68. The zero-order valence-electron chi connectivity index (χ0n) is 27.8. The van der Waals surface area contributed by atoms with E-state index < -0.39 is 50.6 Å². The van der Waals surface area contributed by atoms with Gasteiger partial charge < -0.3 is 19.7 Å². The molecule has 1 aromatic heterocycles. The van der Waals surface area contributed by atoms with Crippen molar-refractivity contribution in [2.75, 3.05) is 20.7 Å². The summed E-state index contributed by atoms with van der Waals surface area (Å²) in [6.45, 7) is 0.565. The molecule has 3 saturated carbocycles. The van der Waals surface area contributed by atoms with E-state index in [2.05, 4.69) is 10.0 Å². The van der Waals surface area contributed by atoms with Gasteiger partial charge in [0.2, 0.25) is 21.8 Å². The lowest BCUT2D eigenvalue weighted by atomic mass is 9.93. The van der Waals surface area contributed by atoms with Gasteiger partial charge in [-0.05, 0) is 63.5 Å². The van der Waals surface area contributed by atoms with Gasteiger partial charge in [-0.25, -0.2) is 13.4 Å². The molecule has 0 bridgehead atoms. The Bertz CT molecular complexity index is 1910. The van der Waals surface area contributed by atoms with Crippen LogP contribution in [0, 0.1) is 17.8 Å². The van der Waals surface area contributed by atoms with Crippen LogP contribution >= 0.6 is 0 Å². The van der Waals surface area contributed by atoms with E-state index in [1.165, 1.54) is 0 Å². The third kappa shape index (κ3) is 6.75. The van der Waals surface area contributed by atoms with E-state index >= 15 is 0 Å². The fraction of sp³-hybridized carbons (Fsp3) is 0.459.